The van der Waals surface area contributed by atoms with Crippen LogP contribution in [0.3, 0.4) is 0 Å². The van der Waals surface area contributed by atoms with Crippen LogP contribution in [0.5, 0.6) is 0 Å². The van der Waals surface area contributed by atoms with Gasteiger partial charge in [0.05, 0.1) is 0 Å². The quantitative estimate of drug-likeness (QED) is 0.119. The molecule has 2 aromatic rings. The van der Waals surface area contributed by atoms with Gasteiger partial charge in [0.2, 0.25) is 0 Å². The van der Waals surface area contributed by atoms with Crippen molar-refractivity contribution in [2.24, 2.45) is 111 Å². The summed E-state index contributed by atoms with van der Waals surface area (Å²) in [6.45, 7) is 11.8. The van der Waals surface area contributed by atoms with E-state index in [-0.39, 0.29) is 192 Å². The molecule has 0 aromatic heterocycles. The molecule has 0 heterocycles. The molecule has 12 saturated carbocycles. The fraction of sp³-hybridized carbons (Fsp3) is 0.664. The van der Waals surface area contributed by atoms with Crippen LogP contribution in [0.2, 0.25) is 0 Å². The summed E-state index contributed by atoms with van der Waals surface area (Å²) in [4.78, 5) is 66.1. The van der Waals surface area contributed by atoms with Crippen LogP contribution in [0.15, 0.2) is 129 Å². The second-order valence-electron chi connectivity index (χ2n) is 48.1. The van der Waals surface area contributed by atoms with Gasteiger partial charge in [0.15, 0.2) is 0 Å². The van der Waals surface area contributed by atoms with E-state index in [4.69, 9.17) is 0 Å². The largest absolute Gasteiger partial charge is 2.00 e. The number of fused-ring (bicyclic) bond motifs is 18. The molecule has 12 atom stereocenters. The van der Waals surface area contributed by atoms with Gasteiger partial charge in [-0.1, -0.05) is 275 Å². The molecule has 12 fully saturated rings. The van der Waals surface area contributed by atoms with Crippen LogP contribution in [0.4, 0.5) is 0 Å². The molecule has 0 amide bonds. The van der Waals surface area contributed by atoms with Crippen molar-refractivity contribution in [2.75, 3.05) is 0 Å². The zero-order valence-electron chi connectivity index (χ0n) is 97.6. The number of hydrogen-bond acceptors (Lipinski definition) is 6. The fourth-order valence-electron chi connectivity index (χ4n) is 34.1. The van der Waals surface area contributed by atoms with Crippen molar-refractivity contribution < 1.29 is 131 Å². The molecule has 24 aliphatic rings. The normalized spacial score (nSPS) is 29.7. The van der Waals surface area contributed by atoms with Crippen molar-refractivity contribution in [3.63, 3.8) is 0 Å². The van der Waals surface area contributed by atoms with Gasteiger partial charge in [-0.05, 0) is 389 Å². The number of Topliss-reactive ketones (excluding diaryl/α,β-unsaturated/α-hetero) is 6. The van der Waals surface area contributed by atoms with Gasteiger partial charge in [0.25, 0.3) is 0 Å². The SMILES string of the molecule is C1=CC2CCCC2C2=C1CC1(CC3=C(C1)C1CCCC1C=C3)C2.C1CC2CCC3=C(CC4(C3)CC3=C(C4)C4CCCC4CC3)C2C1.CCC(=O)C1CCCC1.CCC(=O)C1CCCC1.CCC(=O)C1CCCC1.CCC(=O)C1CCCC1.CCC(=O)C1CCCC1.CCC(=O)C1CCCC1.[CH3-].[CH3-].[CH3-].[CH3-].[CH3-].[CH3-].[CH3-].[CH3-].[CH3-].[CH3-].[CH3-].[CH3-].[Fe+2].[Fe+2].[Fe+2].[Fe+2].[Fe+2].[Fe+2].c1ccc2c(c1)C1=C(CC3(C1)CC1=C(C3)C3CCCC3c3ccccc31)C1CCCC21. The third kappa shape index (κ3) is 33.0. The smallest absolute Gasteiger partial charge is 0.358 e. The van der Waals surface area contributed by atoms with Crippen LogP contribution < -0.4 is 0 Å². The summed E-state index contributed by atoms with van der Waals surface area (Å²) in [5.41, 5.74) is 31.1. The Hall–Kier alpha value is -2.50. The molecule has 24 aliphatic carbocycles. The maximum Gasteiger partial charge on any atom is 2.00 e. The standard InChI is InChI=1S/C31H32.C23H32.C23H28.6C8H14O.12CH3.6Fe/c1-3-9-23-19(7-1)21-11-5-13-25(21)29-17-31(15-27(23)29)16-28-24-10-4-2-8-20(24)22-12-6-14-26(22)30(28)18-31;2*1-3-15-7-9-17-11-23(13-21(17)19(15)5-1)12-18-10-8-16-4-2-6-20(16)22(18)14-23;6*1-2-8(9)7-5-3-4-6-7;;;;;;;;;;;;;;;;;;/h1-4,7-10,21-22,25-26H,5-6,11-18H2;15-16,19-20H,1-14H2;7-10,15-16,19-20H,1-6,11-14H2;6*7H,2-6H2,1H3;12*1H3;;;;;;/q;;;;;;;;;12*-1;6*+2. The first-order chi connectivity index (χ1) is 64.0. The van der Waals surface area contributed by atoms with Crippen molar-refractivity contribution in [3.8, 4) is 0 Å². The van der Waals surface area contributed by atoms with Gasteiger partial charge in [-0.15, -0.1) is 0 Å². The first-order valence-electron chi connectivity index (χ1n) is 57.0. The maximum absolute atomic E-state index is 11.0. The van der Waals surface area contributed by atoms with Crippen molar-refractivity contribution in [3.05, 3.63) is 240 Å². The average molecular weight is 2290 g/mol. The summed E-state index contributed by atoms with van der Waals surface area (Å²) >= 11 is 0. The summed E-state index contributed by atoms with van der Waals surface area (Å²) in [5.74, 6) is 16.8. The summed E-state index contributed by atoms with van der Waals surface area (Å²) in [6, 6.07) is 19.0. The van der Waals surface area contributed by atoms with E-state index in [9.17, 15) is 28.8 Å². The molecule has 0 aliphatic heterocycles. The van der Waals surface area contributed by atoms with E-state index >= 15 is 0 Å². The van der Waals surface area contributed by atoms with Crippen molar-refractivity contribution in [1.29, 1.82) is 0 Å². The minimum absolute atomic E-state index is 0. The molecule has 844 valence electrons. The predicted octanol–water partition coefficient (Wildman–Crippen LogP) is 39.3. The molecule has 149 heavy (non-hydrogen) atoms. The van der Waals surface area contributed by atoms with Crippen LogP contribution in [0.1, 0.15) is 487 Å². The molecule has 2 aromatic carbocycles. The molecule has 12 unspecified atom stereocenters. The number of hydrogen-bond donors (Lipinski definition) is 0. The second kappa shape index (κ2) is 67.9. The van der Waals surface area contributed by atoms with E-state index in [1.807, 2.05) is 86.1 Å². The third-order valence-corrected chi connectivity index (χ3v) is 40.5. The number of ketones is 6. The molecule has 26 rings (SSSR count). The van der Waals surface area contributed by atoms with Gasteiger partial charge >= 0.3 is 102 Å². The topological polar surface area (TPSA) is 102 Å². The van der Waals surface area contributed by atoms with E-state index in [2.05, 4.69) is 72.8 Å². The van der Waals surface area contributed by atoms with Crippen LogP contribution in [0, 0.1) is 200 Å². The average Bonchev–Trinajstić information content (AvgIpc) is 1.55. The van der Waals surface area contributed by atoms with E-state index in [0.717, 1.165) is 187 Å². The predicted molar refractivity (Wildman–Crippen MR) is 618 cm³/mol. The Morgan fingerprint density at radius 2 is 0.463 bits per heavy atom. The van der Waals surface area contributed by atoms with Crippen molar-refractivity contribution in [2.45, 2.75) is 464 Å². The molecular weight excluding hydrogens is 2080 g/mol. The second-order valence-corrected chi connectivity index (χ2v) is 48.1. The number of carbonyl (C=O) groups is 6. The van der Waals surface area contributed by atoms with Crippen LogP contribution in [0.25, 0.3) is 11.1 Å². The third-order valence-electron chi connectivity index (χ3n) is 40.5. The number of allylic oxidation sites excluding steroid dienone is 16. The van der Waals surface area contributed by atoms with E-state index in [1.54, 1.807) is 57.4 Å². The summed E-state index contributed by atoms with van der Waals surface area (Å²) < 4.78 is 0. The van der Waals surface area contributed by atoms with Gasteiger partial charge in [-0.25, -0.2) is 0 Å². The molecular formula is C137H212Fe6O6. The molecule has 0 saturated heterocycles. The number of benzene rings is 2. The van der Waals surface area contributed by atoms with Crippen molar-refractivity contribution >= 4 is 45.8 Å². The van der Waals surface area contributed by atoms with Crippen LogP contribution in [-0.2, 0) is 131 Å². The summed E-state index contributed by atoms with van der Waals surface area (Å²) in [5, 5.41) is 0. The Morgan fingerprint density at radius 1 is 0.228 bits per heavy atom. The van der Waals surface area contributed by atoms with E-state index in [1.165, 1.54) is 283 Å². The van der Waals surface area contributed by atoms with Gasteiger partial charge in [-0.2, -0.15) is 0 Å². The van der Waals surface area contributed by atoms with Crippen LogP contribution in [-0.4, -0.2) is 34.7 Å². The summed E-state index contributed by atoms with van der Waals surface area (Å²) in [7, 11) is 0. The molecule has 0 N–H and O–H groups in total. The molecule has 0 radical (unpaired) electrons. The van der Waals surface area contributed by atoms with E-state index in [0.29, 0.717) is 86.5 Å². The Kier molecular flexibility index (Phi) is 66.8. The van der Waals surface area contributed by atoms with Gasteiger partial charge < -0.3 is 89.1 Å². The minimum atomic E-state index is 0. The van der Waals surface area contributed by atoms with Gasteiger partial charge in [0.1, 0.15) is 34.7 Å². The minimum Gasteiger partial charge on any atom is -0.358 e. The first kappa shape index (κ1) is 146. The molecule has 0 bridgehead atoms. The monoisotopic (exact) mass is 2290 g/mol. The Labute approximate surface area is 983 Å². The van der Waals surface area contributed by atoms with Gasteiger partial charge in [-0.3, -0.25) is 28.8 Å². The summed E-state index contributed by atoms with van der Waals surface area (Å²) in [6.07, 6.45) is 93.7. The van der Waals surface area contributed by atoms with Crippen molar-refractivity contribution in [1.82, 2.24) is 0 Å². The fourth-order valence-corrected chi connectivity index (χ4v) is 34.1. The zero-order valence-corrected chi connectivity index (χ0v) is 104. The number of carbonyl (C=O) groups excluding carboxylic acids is 6. The molecule has 3 spiro atoms. The molecule has 12 heteroatoms. The Balaban J connectivity index is 0.00000171. The zero-order chi connectivity index (χ0) is 90.3. The Morgan fingerprint density at radius 3 is 0.758 bits per heavy atom. The van der Waals surface area contributed by atoms with Crippen LogP contribution >= 0.6 is 0 Å². The maximum atomic E-state index is 11.0. The van der Waals surface area contributed by atoms with E-state index < -0.39 is 0 Å². The number of rotatable bonds is 12. The molecule has 6 nitrogen and oxygen atoms in total. The first-order valence-corrected chi connectivity index (χ1v) is 57.0. The Bertz CT molecular complexity index is 4270. The van der Waals surface area contributed by atoms with Gasteiger partial charge in [0, 0.05) is 74.0 Å².